The number of benzene rings is 1. The number of ether oxygens (including phenoxy) is 1. The molecule has 16 heavy (non-hydrogen) atoms. The van der Waals surface area contributed by atoms with E-state index in [1.807, 2.05) is 36.1 Å². The largest absolute Gasteiger partial charge is 0.380 e. The van der Waals surface area contributed by atoms with E-state index in [1.54, 1.807) is 0 Å². The van der Waals surface area contributed by atoms with Crippen LogP contribution in [0.2, 0.25) is 0 Å². The van der Waals surface area contributed by atoms with Crippen LogP contribution in [0, 0.1) is 0 Å². The van der Waals surface area contributed by atoms with Crippen LogP contribution in [0.3, 0.4) is 0 Å². The van der Waals surface area contributed by atoms with Crippen molar-refractivity contribution in [3.63, 3.8) is 0 Å². The van der Waals surface area contributed by atoms with Crippen LogP contribution in [0.15, 0.2) is 24.3 Å². The summed E-state index contributed by atoms with van der Waals surface area (Å²) in [6, 6.07) is 7.85. The molecule has 0 N–H and O–H groups in total. The molecule has 0 spiro atoms. The summed E-state index contributed by atoms with van der Waals surface area (Å²) in [5, 5.41) is 0. The maximum Gasteiger partial charge on any atom is 0.254 e. The van der Waals surface area contributed by atoms with Gasteiger partial charge in [-0.1, -0.05) is 18.2 Å². The Morgan fingerprint density at radius 1 is 1.38 bits per heavy atom. The Balaban J connectivity index is 2.03. The number of carbonyl (C=O) groups excluding carboxylic acids is 1. The highest BCUT2D eigenvalue weighted by atomic mass is 16.5. The summed E-state index contributed by atoms with van der Waals surface area (Å²) < 4.78 is 5.28. The summed E-state index contributed by atoms with van der Waals surface area (Å²) in [4.78, 5) is 14.0. The number of amides is 1. The van der Waals surface area contributed by atoms with Gasteiger partial charge in [0.25, 0.3) is 5.91 Å². The second-order valence-corrected chi connectivity index (χ2v) is 3.90. The third-order valence-electron chi connectivity index (χ3n) is 2.90. The lowest BCUT2D eigenvalue weighted by Crippen LogP contribution is -2.39. The lowest BCUT2D eigenvalue weighted by molar-refractivity contribution is 0.0641. The van der Waals surface area contributed by atoms with Crippen LogP contribution in [0.1, 0.15) is 22.8 Å². The summed E-state index contributed by atoms with van der Waals surface area (Å²) in [5.74, 6) is 0.140. The van der Waals surface area contributed by atoms with E-state index in [9.17, 15) is 4.79 Å². The Labute approximate surface area is 96.0 Å². The zero-order valence-corrected chi connectivity index (χ0v) is 9.61. The van der Waals surface area contributed by atoms with Crippen molar-refractivity contribution >= 4 is 5.91 Å². The van der Waals surface area contributed by atoms with Crippen molar-refractivity contribution < 1.29 is 9.53 Å². The molecule has 3 nitrogen and oxygen atoms in total. The molecule has 1 aliphatic heterocycles. The summed E-state index contributed by atoms with van der Waals surface area (Å²) in [7, 11) is 0. The zero-order chi connectivity index (χ0) is 11.4. The van der Waals surface area contributed by atoms with Crippen LogP contribution >= 0.6 is 0 Å². The molecule has 0 aromatic heterocycles. The van der Waals surface area contributed by atoms with Crippen molar-refractivity contribution in [2.75, 3.05) is 26.3 Å². The van der Waals surface area contributed by atoms with Gasteiger partial charge in [0.1, 0.15) is 0 Å². The molecule has 0 radical (unpaired) electrons. The molecule has 2 rings (SSSR count). The van der Waals surface area contributed by atoms with Crippen molar-refractivity contribution in [2.45, 2.75) is 13.3 Å². The van der Waals surface area contributed by atoms with Gasteiger partial charge in [0.05, 0.1) is 6.61 Å². The summed E-state index contributed by atoms with van der Waals surface area (Å²) >= 11 is 0. The van der Waals surface area contributed by atoms with E-state index in [2.05, 4.69) is 0 Å². The molecule has 0 aliphatic carbocycles. The minimum absolute atomic E-state index is 0.140. The highest BCUT2D eigenvalue weighted by Gasteiger charge is 2.22. The van der Waals surface area contributed by atoms with Crippen LogP contribution in [0.4, 0.5) is 0 Å². The fourth-order valence-electron chi connectivity index (χ4n) is 2.01. The Hall–Kier alpha value is -1.35. The summed E-state index contributed by atoms with van der Waals surface area (Å²) in [6.07, 6.45) is 0.952. The first-order chi connectivity index (χ1) is 7.83. The minimum Gasteiger partial charge on any atom is -0.380 e. The Morgan fingerprint density at radius 3 is 3.00 bits per heavy atom. The van der Waals surface area contributed by atoms with Gasteiger partial charge >= 0.3 is 0 Å². The number of fused-ring (bicyclic) bond motifs is 1. The molecule has 0 saturated carbocycles. The van der Waals surface area contributed by atoms with Crippen LogP contribution in [0.5, 0.6) is 0 Å². The standard InChI is InChI=1S/C13H17NO2/c1-2-16-10-9-14-8-7-11-5-3-4-6-12(11)13(14)15/h3-6H,2,7-10H2,1H3. The predicted molar refractivity (Wildman–Crippen MR) is 62.5 cm³/mol. The Bertz CT molecular complexity index is 376. The number of hydrogen-bond acceptors (Lipinski definition) is 2. The van der Waals surface area contributed by atoms with Crippen molar-refractivity contribution in [1.29, 1.82) is 0 Å². The van der Waals surface area contributed by atoms with Gasteiger partial charge < -0.3 is 9.64 Å². The molecule has 0 saturated heterocycles. The van der Waals surface area contributed by atoms with Crippen LogP contribution in [-0.2, 0) is 11.2 Å². The van der Waals surface area contributed by atoms with Gasteiger partial charge in [0, 0.05) is 25.3 Å². The molecule has 0 bridgehead atoms. The fourth-order valence-corrected chi connectivity index (χ4v) is 2.01. The smallest absolute Gasteiger partial charge is 0.254 e. The molecule has 1 amide bonds. The van der Waals surface area contributed by atoms with Crippen molar-refractivity contribution in [3.05, 3.63) is 35.4 Å². The average molecular weight is 219 g/mol. The lowest BCUT2D eigenvalue weighted by Gasteiger charge is -2.28. The van der Waals surface area contributed by atoms with Crippen molar-refractivity contribution in [1.82, 2.24) is 4.90 Å². The molecule has 1 heterocycles. The van der Waals surface area contributed by atoms with Crippen molar-refractivity contribution in [2.24, 2.45) is 0 Å². The maximum atomic E-state index is 12.1. The third kappa shape index (κ3) is 2.25. The topological polar surface area (TPSA) is 29.5 Å². The third-order valence-corrected chi connectivity index (χ3v) is 2.90. The van der Waals surface area contributed by atoms with E-state index < -0.39 is 0 Å². The zero-order valence-electron chi connectivity index (χ0n) is 9.61. The monoisotopic (exact) mass is 219 g/mol. The van der Waals surface area contributed by atoms with E-state index in [0.29, 0.717) is 19.8 Å². The van der Waals surface area contributed by atoms with E-state index in [0.717, 1.165) is 18.5 Å². The molecular weight excluding hydrogens is 202 g/mol. The molecule has 0 atom stereocenters. The molecule has 1 aromatic carbocycles. The van der Waals surface area contributed by atoms with E-state index >= 15 is 0 Å². The molecule has 0 unspecified atom stereocenters. The molecule has 86 valence electrons. The van der Waals surface area contributed by atoms with Crippen LogP contribution < -0.4 is 0 Å². The predicted octanol–water partition coefficient (Wildman–Crippen LogP) is 1.72. The van der Waals surface area contributed by atoms with Gasteiger partial charge in [-0.2, -0.15) is 0 Å². The Morgan fingerprint density at radius 2 is 2.19 bits per heavy atom. The first kappa shape index (κ1) is 11.1. The van der Waals surface area contributed by atoms with Gasteiger partial charge in [-0.25, -0.2) is 0 Å². The Kier molecular flexibility index (Phi) is 3.57. The maximum absolute atomic E-state index is 12.1. The lowest BCUT2D eigenvalue weighted by atomic mass is 9.99. The summed E-state index contributed by atoms with van der Waals surface area (Å²) in [5.41, 5.74) is 2.02. The van der Waals surface area contributed by atoms with Crippen LogP contribution in [-0.4, -0.2) is 37.1 Å². The van der Waals surface area contributed by atoms with Gasteiger partial charge in [-0.15, -0.1) is 0 Å². The van der Waals surface area contributed by atoms with Gasteiger partial charge in [-0.05, 0) is 25.0 Å². The molecule has 0 fully saturated rings. The van der Waals surface area contributed by atoms with Gasteiger partial charge in [0.15, 0.2) is 0 Å². The molecular formula is C13H17NO2. The van der Waals surface area contributed by atoms with Crippen molar-refractivity contribution in [3.8, 4) is 0 Å². The molecule has 1 aromatic rings. The number of hydrogen-bond donors (Lipinski definition) is 0. The van der Waals surface area contributed by atoms with E-state index in [4.69, 9.17) is 4.74 Å². The first-order valence-electron chi connectivity index (χ1n) is 5.78. The average Bonchev–Trinajstić information content (AvgIpc) is 2.33. The SMILES string of the molecule is CCOCCN1CCc2ccccc2C1=O. The van der Waals surface area contributed by atoms with Gasteiger partial charge in [0.2, 0.25) is 0 Å². The molecule has 1 aliphatic rings. The second kappa shape index (κ2) is 5.12. The number of carbonyl (C=O) groups is 1. The summed E-state index contributed by atoms with van der Waals surface area (Å²) in [6.45, 7) is 4.81. The van der Waals surface area contributed by atoms with Gasteiger partial charge in [-0.3, -0.25) is 4.79 Å². The quantitative estimate of drug-likeness (QED) is 0.722. The normalized spacial score (nSPS) is 15.1. The number of rotatable bonds is 4. The highest BCUT2D eigenvalue weighted by molar-refractivity contribution is 5.96. The van der Waals surface area contributed by atoms with E-state index in [-0.39, 0.29) is 5.91 Å². The minimum atomic E-state index is 0.140. The second-order valence-electron chi connectivity index (χ2n) is 3.90. The van der Waals surface area contributed by atoms with E-state index in [1.165, 1.54) is 5.56 Å². The fraction of sp³-hybridized carbons (Fsp3) is 0.462. The number of nitrogens with zero attached hydrogens (tertiary/aromatic N) is 1. The molecule has 3 heteroatoms. The van der Waals surface area contributed by atoms with Crippen LogP contribution in [0.25, 0.3) is 0 Å². The highest BCUT2D eigenvalue weighted by Crippen LogP contribution is 2.17. The first-order valence-corrected chi connectivity index (χ1v) is 5.78.